The summed E-state index contributed by atoms with van der Waals surface area (Å²) in [6.45, 7) is 6.81. The molecule has 18 heavy (non-hydrogen) atoms. The first kappa shape index (κ1) is 13.1. The standard InChI is InChI=1S/C13H22N4O/c1-9(2)17-5-4-10(8-17)6-11-7-12(14)13(18-3)16-15-11/h7,9-10H,4-6,8H2,1-3H3,(H2,14,15). The molecule has 0 aliphatic carbocycles. The van der Waals surface area contributed by atoms with E-state index in [1.165, 1.54) is 13.0 Å². The van der Waals surface area contributed by atoms with Crippen molar-refractivity contribution in [3.8, 4) is 5.88 Å². The zero-order valence-corrected chi connectivity index (χ0v) is 11.4. The number of hydrogen-bond acceptors (Lipinski definition) is 5. The SMILES string of the molecule is COc1nnc(CC2CCN(C(C)C)C2)cc1N. The fourth-order valence-corrected chi connectivity index (χ4v) is 2.49. The van der Waals surface area contributed by atoms with Crippen LogP contribution in [0.15, 0.2) is 6.07 Å². The Balaban J connectivity index is 1.96. The van der Waals surface area contributed by atoms with E-state index >= 15 is 0 Å². The normalized spacial score (nSPS) is 20.6. The summed E-state index contributed by atoms with van der Waals surface area (Å²) in [5.41, 5.74) is 7.38. The zero-order chi connectivity index (χ0) is 13.1. The monoisotopic (exact) mass is 250 g/mol. The summed E-state index contributed by atoms with van der Waals surface area (Å²) in [6, 6.07) is 2.51. The van der Waals surface area contributed by atoms with Crippen LogP contribution in [0.4, 0.5) is 5.69 Å². The number of ether oxygens (including phenoxy) is 1. The smallest absolute Gasteiger partial charge is 0.256 e. The Hall–Kier alpha value is -1.36. The van der Waals surface area contributed by atoms with E-state index < -0.39 is 0 Å². The van der Waals surface area contributed by atoms with Gasteiger partial charge in [0.25, 0.3) is 5.88 Å². The fraction of sp³-hybridized carbons (Fsp3) is 0.692. The second-order valence-corrected chi connectivity index (χ2v) is 5.25. The van der Waals surface area contributed by atoms with Crippen molar-refractivity contribution >= 4 is 5.69 Å². The summed E-state index contributed by atoms with van der Waals surface area (Å²) in [5.74, 6) is 1.07. The fourth-order valence-electron chi connectivity index (χ4n) is 2.49. The van der Waals surface area contributed by atoms with Crippen LogP contribution in [0.2, 0.25) is 0 Å². The number of nitrogens with two attached hydrogens (primary N) is 1. The van der Waals surface area contributed by atoms with Crippen molar-refractivity contribution < 1.29 is 4.74 Å². The van der Waals surface area contributed by atoms with Gasteiger partial charge in [-0.3, -0.25) is 0 Å². The summed E-state index contributed by atoms with van der Waals surface area (Å²) in [5, 5.41) is 8.15. The lowest BCUT2D eigenvalue weighted by Gasteiger charge is -2.20. The molecule has 0 spiro atoms. The lowest BCUT2D eigenvalue weighted by atomic mass is 10.0. The summed E-state index contributed by atoms with van der Waals surface area (Å²) in [7, 11) is 1.55. The zero-order valence-electron chi connectivity index (χ0n) is 11.4. The average molecular weight is 250 g/mol. The lowest BCUT2D eigenvalue weighted by molar-refractivity contribution is 0.264. The van der Waals surface area contributed by atoms with Gasteiger partial charge in [-0.1, -0.05) is 0 Å². The molecule has 1 aliphatic rings. The number of anilines is 1. The van der Waals surface area contributed by atoms with Gasteiger partial charge in [0.05, 0.1) is 18.5 Å². The van der Waals surface area contributed by atoms with Gasteiger partial charge in [-0.2, -0.15) is 5.10 Å². The van der Waals surface area contributed by atoms with Crippen LogP contribution in [0, 0.1) is 5.92 Å². The maximum atomic E-state index is 5.84. The van der Waals surface area contributed by atoms with Crippen LogP contribution in [0.1, 0.15) is 26.0 Å². The van der Waals surface area contributed by atoms with Gasteiger partial charge in [0, 0.05) is 12.6 Å². The number of hydrogen-bond donors (Lipinski definition) is 1. The van der Waals surface area contributed by atoms with Gasteiger partial charge in [-0.15, -0.1) is 5.10 Å². The Morgan fingerprint density at radius 2 is 2.28 bits per heavy atom. The number of nitrogen functional groups attached to an aromatic ring is 1. The molecule has 1 fully saturated rings. The first-order valence-corrected chi connectivity index (χ1v) is 6.50. The second kappa shape index (κ2) is 5.52. The first-order valence-electron chi connectivity index (χ1n) is 6.50. The molecule has 1 aliphatic heterocycles. The van der Waals surface area contributed by atoms with E-state index in [1.54, 1.807) is 7.11 Å². The molecule has 1 atom stereocenters. The maximum Gasteiger partial charge on any atom is 0.256 e. The molecule has 1 aromatic heterocycles. The largest absolute Gasteiger partial charge is 0.478 e. The topological polar surface area (TPSA) is 64.3 Å². The summed E-state index contributed by atoms with van der Waals surface area (Å²) in [4.78, 5) is 2.50. The Bertz CT molecular complexity index is 408. The average Bonchev–Trinajstić information content (AvgIpc) is 2.78. The van der Waals surface area contributed by atoms with Gasteiger partial charge in [0.15, 0.2) is 0 Å². The van der Waals surface area contributed by atoms with Crippen LogP contribution in [0.3, 0.4) is 0 Å². The van der Waals surface area contributed by atoms with E-state index in [0.717, 1.165) is 18.7 Å². The van der Waals surface area contributed by atoms with Crippen molar-refractivity contribution in [2.45, 2.75) is 32.7 Å². The number of methoxy groups -OCH3 is 1. The van der Waals surface area contributed by atoms with E-state index in [0.29, 0.717) is 23.5 Å². The number of likely N-dealkylation sites (tertiary alicyclic amines) is 1. The molecule has 1 aromatic rings. The van der Waals surface area contributed by atoms with Crippen molar-refractivity contribution in [3.63, 3.8) is 0 Å². The molecule has 2 rings (SSSR count). The number of rotatable bonds is 4. The highest BCUT2D eigenvalue weighted by atomic mass is 16.5. The molecule has 0 radical (unpaired) electrons. The van der Waals surface area contributed by atoms with Crippen LogP contribution >= 0.6 is 0 Å². The van der Waals surface area contributed by atoms with Gasteiger partial charge in [-0.25, -0.2) is 0 Å². The minimum Gasteiger partial charge on any atom is -0.478 e. The van der Waals surface area contributed by atoms with Gasteiger partial charge >= 0.3 is 0 Å². The van der Waals surface area contributed by atoms with E-state index in [-0.39, 0.29) is 0 Å². The van der Waals surface area contributed by atoms with Gasteiger partial charge in [0.2, 0.25) is 0 Å². The van der Waals surface area contributed by atoms with Crippen molar-refractivity contribution in [1.82, 2.24) is 15.1 Å². The minimum atomic E-state index is 0.411. The molecular formula is C13H22N4O. The minimum absolute atomic E-state index is 0.411. The highest BCUT2D eigenvalue weighted by Gasteiger charge is 2.24. The Morgan fingerprint density at radius 3 is 2.83 bits per heavy atom. The quantitative estimate of drug-likeness (QED) is 0.873. The van der Waals surface area contributed by atoms with Crippen LogP contribution in [-0.2, 0) is 6.42 Å². The summed E-state index contributed by atoms with van der Waals surface area (Å²) >= 11 is 0. The van der Waals surface area contributed by atoms with Gasteiger partial charge < -0.3 is 15.4 Å². The van der Waals surface area contributed by atoms with Crippen molar-refractivity contribution in [1.29, 1.82) is 0 Å². The van der Waals surface area contributed by atoms with Gasteiger partial charge in [0.1, 0.15) is 0 Å². The second-order valence-electron chi connectivity index (χ2n) is 5.25. The van der Waals surface area contributed by atoms with Crippen LogP contribution < -0.4 is 10.5 Å². The Morgan fingerprint density at radius 1 is 1.50 bits per heavy atom. The van der Waals surface area contributed by atoms with Crippen LogP contribution in [0.5, 0.6) is 5.88 Å². The molecular weight excluding hydrogens is 228 g/mol. The van der Waals surface area contributed by atoms with Crippen molar-refractivity contribution in [2.75, 3.05) is 25.9 Å². The predicted octanol–water partition coefficient (Wildman–Crippen LogP) is 1.34. The third-order valence-corrected chi connectivity index (χ3v) is 3.58. The van der Waals surface area contributed by atoms with Crippen molar-refractivity contribution in [2.24, 2.45) is 5.92 Å². The van der Waals surface area contributed by atoms with E-state index in [4.69, 9.17) is 10.5 Å². The molecule has 0 saturated carbocycles. The van der Waals surface area contributed by atoms with Crippen LogP contribution in [-0.4, -0.2) is 41.3 Å². The Labute approximate surface area is 108 Å². The molecule has 100 valence electrons. The summed E-state index contributed by atoms with van der Waals surface area (Å²) in [6.07, 6.45) is 2.18. The molecule has 5 heteroatoms. The molecule has 2 N–H and O–H groups in total. The lowest BCUT2D eigenvalue weighted by Crippen LogP contribution is -2.28. The van der Waals surface area contributed by atoms with Gasteiger partial charge in [-0.05, 0) is 45.2 Å². The number of nitrogens with zero attached hydrogens (tertiary/aromatic N) is 3. The summed E-state index contributed by atoms with van der Waals surface area (Å²) < 4.78 is 5.01. The highest BCUT2D eigenvalue weighted by molar-refractivity contribution is 5.47. The molecule has 1 unspecified atom stereocenters. The van der Waals surface area contributed by atoms with E-state index in [1.807, 2.05) is 6.07 Å². The molecule has 5 nitrogen and oxygen atoms in total. The predicted molar refractivity (Wildman–Crippen MR) is 71.5 cm³/mol. The third kappa shape index (κ3) is 2.90. The van der Waals surface area contributed by atoms with Crippen LogP contribution in [0.25, 0.3) is 0 Å². The third-order valence-electron chi connectivity index (χ3n) is 3.58. The molecule has 1 saturated heterocycles. The van der Waals surface area contributed by atoms with E-state index in [2.05, 4.69) is 28.9 Å². The molecule has 2 heterocycles. The highest BCUT2D eigenvalue weighted by Crippen LogP contribution is 2.23. The Kier molecular flexibility index (Phi) is 4.01. The molecule has 0 bridgehead atoms. The first-order chi connectivity index (χ1) is 8.60. The van der Waals surface area contributed by atoms with Crippen molar-refractivity contribution in [3.05, 3.63) is 11.8 Å². The molecule has 0 aromatic carbocycles. The maximum absolute atomic E-state index is 5.84. The molecule has 0 amide bonds. The number of aromatic nitrogens is 2. The van der Waals surface area contributed by atoms with E-state index in [9.17, 15) is 0 Å².